The molecular weight excluding hydrogens is 442 g/mol. The first-order chi connectivity index (χ1) is 15.0. The van der Waals surface area contributed by atoms with E-state index in [4.69, 9.17) is 15.9 Å². The van der Waals surface area contributed by atoms with Crippen LogP contribution in [0.5, 0.6) is 0 Å². The van der Waals surface area contributed by atoms with Gasteiger partial charge in [-0.3, -0.25) is 14.4 Å². The van der Waals surface area contributed by atoms with Gasteiger partial charge in [0.05, 0.1) is 18.0 Å². The highest BCUT2D eigenvalue weighted by Gasteiger charge is 2.31. The summed E-state index contributed by atoms with van der Waals surface area (Å²) < 4.78 is 24.2. The first-order valence-corrected chi connectivity index (χ1v) is 10.7. The van der Waals surface area contributed by atoms with E-state index in [2.05, 4.69) is 5.32 Å². The Balaban J connectivity index is 0.000000255. The average Bonchev–Trinajstić information content (AvgIpc) is 2.97. The second-order valence-electron chi connectivity index (χ2n) is 6.72. The maximum absolute atomic E-state index is 11.6. The van der Waals surface area contributed by atoms with Gasteiger partial charge in [0.2, 0.25) is 5.91 Å². The number of carboxylic acids is 2. The molecule has 170 valence electrons. The number of benzene rings is 2. The van der Waals surface area contributed by atoms with Crippen LogP contribution < -0.4 is 15.8 Å². The number of aliphatic carboxylic acids is 2. The van der Waals surface area contributed by atoms with E-state index in [0.29, 0.717) is 0 Å². The molecule has 0 fully saturated rings. The van der Waals surface area contributed by atoms with Gasteiger partial charge in [-0.1, -0.05) is 42.5 Å². The molecule has 0 spiro atoms. The fraction of sp³-hybridized carbons (Fsp3) is 0.200. The lowest BCUT2D eigenvalue weighted by Crippen LogP contribution is -2.49. The van der Waals surface area contributed by atoms with Crippen molar-refractivity contribution in [3.8, 4) is 0 Å². The van der Waals surface area contributed by atoms with Crippen molar-refractivity contribution in [1.29, 1.82) is 0 Å². The van der Waals surface area contributed by atoms with E-state index >= 15 is 0 Å². The lowest BCUT2D eigenvalue weighted by molar-refractivity contribution is -0.142. The van der Waals surface area contributed by atoms with Crippen molar-refractivity contribution in [2.24, 2.45) is 5.73 Å². The Morgan fingerprint density at radius 1 is 1.00 bits per heavy atom. The highest BCUT2D eigenvalue weighted by Crippen LogP contribution is 2.20. The Bertz CT molecular complexity index is 1120. The number of hydrogen-bond acceptors (Lipinski definition) is 7. The Morgan fingerprint density at radius 2 is 1.59 bits per heavy atom. The summed E-state index contributed by atoms with van der Waals surface area (Å²) in [6.07, 6.45) is -0.453. The van der Waals surface area contributed by atoms with Crippen molar-refractivity contribution in [1.82, 2.24) is 10.0 Å². The van der Waals surface area contributed by atoms with Crippen LogP contribution in [0.15, 0.2) is 59.5 Å². The number of carbonyl (C=O) groups excluding carboxylic acids is 2. The molecule has 3 rings (SSSR count). The van der Waals surface area contributed by atoms with Gasteiger partial charge in [-0.25, -0.2) is 17.9 Å². The smallest absolute Gasteiger partial charge is 0.326 e. The number of fused-ring (bicyclic) bond motifs is 1. The van der Waals surface area contributed by atoms with E-state index in [1.54, 1.807) is 42.5 Å². The minimum Gasteiger partial charge on any atom is -0.481 e. The van der Waals surface area contributed by atoms with Crippen LogP contribution in [-0.4, -0.2) is 54.5 Å². The first kappa shape index (κ1) is 24.5. The molecule has 1 aliphatic rings. The molecule has 1 aliphatic heterocycles. The van der Waals surface area contributed by atoms with Gasteiger partial charge in [0.15, 0.2) is 0 Å². The summed E-state index contributed by atoms with van der Waals surface area (Å²) in [7, 11) is -3.55. The largest absolute Gasteiger partial charge is 0.481 e. The molecule has 2 amide bonds. The third kappa shape index (κ3) is 6.62. The van der Waals surface area contributed by atoms with Gasteiger partial charge in [-0.15, -0.1) is 0 Å². The van der Waals surface area contributed by atoms with Gasteiger partial charge in [-0.2, -0.15) is 0 Å². The lowest BCUT2D eigenvalue weighted by atomic mass is 10.1. The Kier molecular flexibility index (Phi) is 8.04. The van der Waals surface area contributed by atoms with E-state index in [-0.39, 0.29) is 16.9 Å². The quantitative estimate of drug-likeness (QED) is 0.367. The fourth-order valence-electron chi connectivity index (χ4n) is 2.73. The zero-order valence-electron chi connectivity index (χ0n) is 16.6. The summed E-state index contributed by atoms with van der Waals surface area (Å²) in [5.74, 6) is -3.77. The molecule has 0 saturated heterocycles. The van der Waals surface area contributed by atoms with Crippen molar-refractivity contribution in [2.45, 2.75) is 29.8 Å². The standard InChI is InChI=1S/C13H16N2O5.C7H5NO3S/c14-9(7-11(16)17)12(18)15-10(13(19)20)6-8-4-2-1-3-5-8;9-7-5-3-1-2-4-6(5)12(10,11)8-7/h1-5,9-10H,6-7,14H2,(H,15,18)(H,16,17)(H,19,20);1-4H,(H,8,9)/t9-,10-;/m0./s1. The Labute approximate surface area is 183 Å². The van der Waals surface area contributed by atoms with Crippen LogP contribution in [0.2, 0.25) is 0 Å². The zero-order valence-corrected chi connectivity index (χ0v) is 17.4. The number of carbonyl (C=O) groups is 4. The van der Waals surface area contributed by atoms with Crippen LogP contribution in [0.1, 0.15) is 22.3 Å². The fourth-order valence-corrected chi connectivity index (χ4v) is 3.90. The maximum Gasteiger partial charge on any atom is 0.326 e. The van der Waals surface area contributed by atoms with Gasteiger partial charge in [0, 0.05) is 6.42 Å². The molecule has 0 unspecified atom stereocenters. The molecule has 32 heavy (non-hydrogen) atoms. The van der Waals surface area contributed by atoms with E-state index in [1.807, 2.05) is 4.72 Å². The van der Waals surface area contributed by atoms with E-state index < -0.39 is 52.3 Å². The van der Waals surface area contributed by atoms with Crippen LogP contribution >= 0.6 is 0 Å². The van der Waals surface area contributed by atoms with Crippen LogP contribution in [0.4, 0.5) is 0 Å². The Morgan fingerprint density at radius 3 is 2.16 bits per heavy atom. The molecule has 2 aromatic rings. The number of sulfonamides is 1. The molecule has 1 heterocycles. The van der Waals surface area contributed by atoms with Gasteiger partial charge < -0.3 is 21.3 Å². The Hall–Kier alpha value is -3.77. The number of nitrogens with one attached hydrogen (secondary N) is 2. The molecule has 0 aromatic heterocycles. The number of nitrogens with two attached hydrogens (primary N) is 1. The predicted octanol–water partition coefficient (Wildman–Crippen LogP) is -0.281. The van der Waals surface area contributed by atoms with Gasteiger partial charge in [-0.05, 0) is 17.7 Å². The second kappa shape index (κ2) is 10.5. The summed E-state index contributed by atoms with van der Waals surface area (Å²) in [5, 5.41) is 19.9. The van der Waals surface area contributed by atoms with Crippen LogP contribution in [0, 0.1) is 0 Å². The number of carboxylic acid groups (broad SMARTS) is 2. The van der Waals surface area contributed by atoms with E-state index in [1.165, 1.54) is 12.1 Å². The van der Waals surface area contributed by atoms with Gasteiger partial charge >= 0.3 is 11.9 Å². The molecule has 2 aromatic carbocycles. The summed E-state index contributed by atoms with van der Waals surface area (Å²) >= 11 is 0. The minimum atomic E-state index is -3.55. The predicted molar refractivity (Wildman–Crippen MR) is 111 cm³/mol. The molecule has 0 bridgehead atoms. The molecule has 0 radical (unpaired) electrons. The number of amides is 2. The van der Waals surface area contributed by atoms with Crippen molar-refractivity contribution >= 4 is 33.8 Å². The summed E-state index contributed by atoms with van der Waals surface area (Å²) in [4.78, 5) is 44.2. The van der Waals surface area contributed by atoms with Crippen LogP contribution in [-0.2, 0) is 30.8 Å². The first-order valence-electron chi connectivity index (χ1n) is 9.22. The van der Waals surface area contributed by atoms with Crippen molar-refractivity contribution in [2.75, 3.05) is 0 Å². The lowest BCUT2D eigenvalue weighted by Gasteiger charge is -2.17. The molecule has 12 heteroatoms. The van der Waals surface area contributed by atoms with Gasteiger partial charge in [0.25, 0.3) is 15.9 Å². The van der Waals surface area contributed by atoms with E-state index in [0.717, 1.165) is 5.56 Å². The second-order valence-corrected chi connectivity index (χ2v) is 8.38. The summed E-state index contributed by atoms with van der Waals surface area (Å²) in [6.45, 7) is 0. The number of hydrogen-bond donors (Lipinski definition) is 5. The molecule has 0 saturated carbocycles. The topological polar surface area (TPSA) is 193 Å². The molecule has 2 atom stereocenters. The van der Waals surface area contributed by atoms with Crippen LogP contribution in [0.25, 0.3) is 0 Å². The maximum atomic E-state index is 11.6. The molecule has 6 N–H and O–H groups in total. The zero-order chi connectivity index (χ0) is 23.9. The molecule has 11 nitrogen and oxygen atoms in total. The normalized spacial score (nSPS) is 15.2. The van der Waals surface area contributed by atoms with E-state index in [9.17, 15) is 27.6 Å². The minimum absolute atomic E-state index is 0.0648. The summed E-state index contributed by atoms with van der Waals surface area (Å²) in [5.41, 5.74) is 6.34. The monoisotopic (exact) mass is 463 g/mol. The van der Waals surface area contributed by atoms with Crippen molar-refractivity contribution in [3.05, 3.63) is 65.7 Å². The third-order valence-electron chi connectivity index (χ3n) is 4.28. The SMILES string of the molecule is N[C@@H](CC(=O)O)C(=O)N[C@@H](Cc1ccccc1)C(=O)O.O=C1NS(=O)(=O)c2ccccc21. The van der Waals surface area contributed by atoms with Crippen molar-refractivity contribution < 1.29 is 37.8 Å². The third-order valence-corrected chi connectivity index (χ3v) is 5.67. The highest BCUT2D eigenvalue weighted by molar-refractivity contribution is 7.90. The average molecular weight is 463 g/mol. The summed E-state index contributed by atoms with van der Waals surface area (Å²) in [6, 6.07) is 12.4. The van der Waals surface area contributed by atoms with Crippen LogP contribution in [0.3, 0.4) is 0 Å². The molecule has 0 aliphatic carbocycles. The van der Waals surface area contributed by atoms with Crippen molar-refractivity contribution in [3.63, 3.8) is 0 Å². The number of rotatable bonds is 7. The highest BCUT2D eigenvalue weighted by atomic mass is 32.2. The van der Waals surface area contributed by atoms with Gasteiger partial charge in [0.1, 0.15) is 10.9 Å². The molecular formula is C20H21N3O8S.